The Bertz CT molecular complexity index is 1040. The first-order valence-corrected chi connectivity index (χ1v) is 10.7. The van der Waals surface area contributed by atoms with Gasteiger partial charge in [-0.2, -0.15) is 0 Å². The molecule has 0 unspecified atom stereocenters. The van der Waals surface area contributed by atoms with Gasteiger partial charge in [-0.1, -0.05) is 0 Å². The van der Waals surface area contributed by atoms with Crippen LogP contribution in [0.3, 0.4) is 0 Å². The summed E-state index contributed by atoms with van der Waals surface area (Å²) in [7, 11) is 1.54. The average Bonchev–Trinajstić information content (AvgIpc) is 3.36. The van der Waals surface area contributed by atoms with E-state index in [0.29, 0.717) is 30.4 Å². The second-order valence-corrected chi connectivity index (χ2v) is 9.02. The van der Waals surface area contributed by atoms with Gasteiger partial charge in [0.05, 0.1) is 19.0 Å². The van der Waals surface area contributed by atoms with Crippen molar-refractivity contribution in [2.45, 2.75) is 57.9 Å². The van der Waals surface area contributed by atoms with Crippen molar-refractivity contribution in [2.24, 2.45) is 0 Å². The van der Waals surface area contributed by atoms with Crippen LogP contribution in [-0.2, 0) is 11.2 Å². The molecule has 0 atom stereocenters. The van der Waals surface area contributed by atoms with Gasteiger partial charge < -0.3 is 19.5 Å². The maximum Gasteiger partial charge on any atom is 0.254 e. The molecule has 1 aliphatic rings. The van der Waals surface area contributed by atoms with Gasteiger partial charge in [0.1, 0.15) is 11.6 Å². The lowest BCUT2D eigenvalue weighted by Crippen LogP contribution is -2.38. The molecule has 3 aromatic heterocycles. The van der Waals surface area contributed by atoms with E-state index < -0.39 is 0 Å². The molecular weight excluding hydrogens is 396 g/mol. The SMILES string of the molecule is COc1cc(CCC(=O)N2CCC(c3nc4cnccn4c3NC(C)(C)C)CC2)on1. The number of carbonyl (C=O) groups is 1. The standard InChI is InChI=1S/C22H30N6O3/c1-22(2,3)25-21-20(24-17-14-23-9-12-28(17)21)15-7-10-27(11-8-15)19(29)6-5-16-13-18(30-4)26-31-16/h9,12-15,25H,5-8,10-11H2,1-4H3. The third-order valence-electron chi connectivity index (χ3n) is 5.52. The Hall–Kier alpha value is -3.10. The van der Waals surface area contributed by atoms with Crippen molar-refractivity contribution < 1.29 is 14.1 Å². The van der Waals surface area contributed by atoms with Gasteiger partial charge in [-0.3, -0.25) is 14.2 Å². The predicted octanol–water partition coefficient (Wildman–Crippen LogP) is 3.28. The highest BCUT2D eigenvalue weighted by molar-refractivity contribution is 5.76. The summed E-state index contributed by atoms with van der Waals surface area (Å²) in [6.07, 6.45) is 8.20. The Morgan fingerprint density at radius 2 is 2.10 bits per heavy atom. The summed E-state index contributed by atoms with van der Waals surface area (Å²) in [5.41, 5.74) is 1.81. The molecule has 1 saturated heterocycles. The van der Waals surface area contributed by atoms with Gasteiger partial charge in [0.25, 0.3) is 5.88 Å². The second kappa shape index (κ2) is 8.56. The highest BCUT2D eigenvalue weighted by atomic mass is 16.5. The van der Waals surface area contributed by atoms with E-state index >= 15 is 0 Å². The Balaban J connectivity index is 1.41. The van der Waals surface area contributed by atoms with E-state index in [0.717, 1.165) is 43.1 Å². The highest BCUT2D eigenvalue weighted by Gasteiger charge is 2.29. The number of imidazole rings is 1. The number of hydrogen-bond acceptors (Lipinski definition) is 7. The van der Waals surface area contributed by atoms with Gasteiger partial charge in [0.2, 0.25) is 5.91 Å². The number of aromatic nitrogens is 4. The Labute approximate surface area is 181 Å². The maximum absolute atomic E-state index is 12.7. The van der Waals surface area contributed by atoms with Crippen LogP contribution in [0.1, 0.15) is 57.4 Å². The number of rotatable bonds is 6. The van der Waals surface area contributed by atoms with E-state index in [1.54, 1.807) is 25.6 Å². The number of nitrogens with zero attached hydrogens (tertiary/aromatic N) is 5. The molecule has 0 aliphatic carbocycles. The number of nitrogens with one attached hydrogen (secondary N) is 1. The number of ether oxygens (including phenoxy) is 1. The number of anilines is 1. The maximum atomic E-state index is 12.7. The van der Waals surface area contributed by atoms with Crippen LogP contribution in [0.15, 0.2) is 29.2 Å². The minimum Gasteiger partial charge on any atom is -0.479 e. The summed E-state index contributed by atoms with van der Waals surface area (Å²) in [6.45, 7) is 7.88. The van der Waals surface area contributed by atoms with Gasteiger partial charge in [-0.25, -0.2) is 4.98 Å². The average molecular weight is 427 g/mol. The second-order valence-electron chi connectivity index (χ2n) is 9.02. The number of amides is 1. The molecule has 1 fully saturated rings. The minimum atomic E-state index is -0.0892. The van der Waals surface area contributed by atoms with E-state index in [-0.39, 0.29) is 11.4 Å². The Morgan fingerprint density at radius 1 is 1.32 bits per heavy atom. The molecular formula is C22H30N6O3. The minimum absolute atomic E-state index is 0.0892. The zero-order chi connectivity index (χ0) is 22.0. The molecule has 4 heterocycles. The van der Waals surface area contributed by atoms with Crippen LogP contribution < -0.4 is 10.1 Å². The predicted molar refractivity (Wildman–Crippen MR) is 116 cm³/mol. The lowest BCUT2D eigenvalue weighted by atomic mass is 9.92. The molecule has 31 heavy (non-hydrogen) atoms. The summed E-state index contributed by atoms with van der Waals surface area (Å²) in [6, 6.07) is 1.72. The van der Waals surface area contributed by atoms with Crippen LogP contribution >= 0.6 is 0 Å². The number of fused-ring (bicyclic) bond motifs is 1. The molecule has 166 valence electrons. The zero-order valence-electron chi connectivity index (χ0n) is 18.6. The van der Waals surface area contributed by atoms with E-state index in [1.165, 1.54) is 0 Å². The fourth-order valence-electron chi connectivity index (χ4n) is 3.99. The zero-order valence-corrected chi connectivity index (χ0v) is 18.6. The number of carbonyl (C=O) groups excluding carboxylic acids is 1. The first-order valence-electron chi connectivity index (χ1n) is 10.7. The van der Waals surface area contributed by atoms with E-state index in [1.807, 2.05) is 11.1 Å². The molecule has 0 aromatic carbocycles. The summed E-state index contributed by atoms with van der Waals surface area (Å²) in [4.78, 5) is 23.7. The van der Waals surface area contributed by atoms with Gasteiger partial charge >= 0.3 is 0 Å². The third kappa shape index (κ3) is 4.81. The van der Waals surface area contributed by atoms with Gasteiger partial charge in [0, 0.05) is 55.8 Å². The first kappa shape index (κ1) is 21.1. The third-order valence-corrected chi connectivity index (χ3v) is 5.52. The molecule has 9 heteroatoms. The van der Waals surface area contributed by atoms with E-state index in [4.69, 9.17) is 14.2 Å². The van der Waals surface area contributed by atoms with Gasteiger partial charge in [-0.05, 0) is 38.8 Å². The number of likely N-dealkylation sites (tertiary alicyclic amines) is 1. The molecule has 1 amide bonds. The fourth-order valence-corrected chi connectivity index (χ4v) is 3.99. The number of aryl methyl sites for hydroxylation is 1. The van der Waals surface area contributed by atoms with Gasteiger partial charge in [0.15, 0.2) is 5.65 Å². The van der Waals surface area contributed by atoms with Crippen LogP contribution in [0.25, 0.3) is 5.65 Å². The summed E-state index contributed by atoms with van der Waals surface area (Å²) < 4.78 is 12.3. The van der Waals surface area contributed by atoms with Crippen LogP contribution in [-0.4, -0.2) is 56.1 Å². The van der Waals surface area contributed by atoms with Crippen molar-refractivity contribution in [1.82, 2.24) is 24.4 Å². The molecule has 1 N–H and O–H groups in total. The summed E-state index contributed by atoms with van der Waals surface area (Å²) >= 11 is 0. The monoisotopic (exact) mass is 426 g/mol. The molecule has 0 spiro atoms. The molecule has 3 aromatic rings. The van der Waals surface area contributed by atoms with E-state index in [2.05, 4.69) is 40.6 Å². The lowest BCUT2D eigenvalue weighted by Gasteiger charge is -2.32. The van der Waals surface area contributed by atoms with Crippen molar-refractivity contribution in [3.8, 4) is 5.88 Å². The van der Waals surface area contributed by atoms with Crippen LogP contribution in [0, 0.1) is 0 Å². The van der Waals surface area contributed by atoms with Crippen molar-refractivity contribution >= 4 is 17.4 Å². The quantitative estimate of drug-likeness (QED) is 0.646. The highest BCUT2D eigenvalue weighted by Crippen LogP contribution is 2.34. The van der Waals surface area contributed by atoms with Gasteiger partial charge in [-0.15, -0.1) is 0 Å². The number of methoxy groups -OCH3 is 1. The molecule has 0 bridgehead atoms. The van der Waals surface area contributed by atoms with Crippen molar-refractivity contribution in [3.05, 3.63) is 36.1 Å². The molecule has 0 radical (unpaired) electrons. The molecule has 1 aliphatic heterocycles. The topological polar surface area (TPSA) is 97.8 Å². The fraction of sp³-hybridized carbons (Fsp3) is 0.545. The molecule has 0 saturated carbocycles. The van der Waals surface area contributed by atoms with Crippen molar-refractivity contribution in [2.75, 3.05) is 25.5 Å². The smallest absolute Gasteiger partial charge is 0.254 e. The Morgan fingerprint density at radius 3 is 2.77 bits per heavy atom. The normalized spacial score (nSPS) is 15.4. The summed E-state index contributed by atoms with van der Waals surface area (Å²) in [5, 5.41) is 7.39. The van der Waals surface area contributed by atoms with Crippen LogP contribution in [0.2, 0.25) is 0 Å². The van der Waals surface area contributed by atoms with Crippen LogP contribution in [0.5, 0.6) is 5.88 Å². The number of piperidine rings is 1. The van der Waals surface area contributed by atoms with Crippen molar-refractivity contribution in [1.29, 1.82) is 0 Å². The lowest BCUT2D eigenvalue weighted by molar-refractivity contribution is -0.132. The van der Waals surface area contributed by atoms with Crippen molar-refractivity contribution in [3.63, 3.8) is 0 Å². The van der Waals surface area contributed by atoms with E-state index in [9.17, 15) is 4.79 Å². The first-order chi connectivity index (χ1) is 14.8. The number of hydrogen-bond donors (Lipinski definition) is 1. The summed E-state index contributed by atoms with van der Waals surface area (Å²) in [5.74, 6) is 2.56. The largest absolute Gasteiger partial charge is 0.479 e. The van der Waals surface area contributed by atoms with Crippen LogP contribution in [0.4, 0.5) is 5.82 Å². The Kier molecular flexibility index (Phi) is 5.84. The molecule has 4 rings (SSSR count). The molecule has 9 nitrogen and oxygen atoms in total.